The van der Waals surface area contributed by atoms with Gasteiger partial charge in [-0.3, -0.25) is 0 Å². The van der Waals surface area contributed by atoms with Crippen LogP contribution >= 0.6 is 11.6 Å². The number of aryl methyl sites for hydroxylation is 1. The predicted molar refractivity (Wildman–Crippen MR) is 66.6 cm³/mol. The van der Waals surface area contributed by atoms with Gasteiger partial charge in [-0.25, -0.2) is 14.1 Å². The average Bonchev–Trinajstić information content (AvgIpc) is 2.60. The Bertz CT molecular complexity index is 565. The van der Waals surface area contributed by atoms with Gasteiger partial charge in [0.2, 0.25) is 0 Å². The molecule has 0 saturated carbocycles. The fourth-order valence-corrected chi connectivity index (χ4v) is 1.80. The number of hydrogen-bond acceptors (Lipinski definition) is 3. The van der Waals surface area contributed by atoms with E-state index in [0.29, 0.717) is 17.9 Å². The second-order valence-electron chi connectivity index (χ2n) is 3.59. The third-order valence-electron chi connectivity index (χ3n) is 2.54. The van der Waals surface area contributed by atoms with Gasteiger partial charge in [0.15, 0.2) is 11.6 Å². The van der Waals surface area contributed by atoms with Crippen LogP contribution in [-0.4, -0.2) is 9.66 Å². The van der Waals surface area contributed by atoms with E-state index in [1.54, 1.807) is 12.1 Å². The van der Waals surface area contributed by atoms with Crippen LogP contribution in [0.3, 0.4) is 0 Å². The van der Waals surface area contributed by atoms with Gasteiger partial charge >= 0.3 is 0 Å². The molecular formula is C11H12ClFN4. The molecule has 0 saturated heterocycles. The van der Waals surface area contributed by atoms with E-state index in [4.69, 9.17) is 23.2 Å². The van der Waals surface area contributed by atoms with Crippen LogP contribution in [0.5, 0.6) is 0 Å². The van der Waals surface area contributed by atoms with Gasteiger partial charge < -0.3 is 11.6 Å². The highest BCUT2D eigenvalue weighted by Crippen LogP contribution is 2.30. The first kappa shape index (κ1) is 11.7. The Balaban J connectivity index is 2.65. The minimum atomic E-state index is -0.540. The molecule has 90 valence electrons. The topological polar surface area (TPSA) is 69.9 Å². The van der Waals surface area contributed by atoms with Crippen molar-refractivity contribution in [2.24, 2.45) is 0 Å². The molecule has 1 aromatic heterocycles. The van der Waals surface area contributed by atoms with Crippen molar-refractivity contribution >= 4 is 17.4 Å². The van der Waals surface area contributed by atoms with Gasteiger partial charge in [-0.1, -0.05) is 24.6 Å². The molecule has 17 heavy (non-hydrogen) atoms. The molecule has 0 atom stereocenters. The summed E-state index contributed by atoms with van der Waals surface area (Å²) in [5.74, 6) is 5.99. The zero-order chi connectivity index (χ0) is 12.6. The van der Waals surface area contributed by atoms with Crippen LogP contribution < -0.4 is 11.6 Å². The van der Waals surface area contributed by atoms with E-state index < -0.39 is 5.82 Å². The summed E-state index contributed by atoms with van der Waals surface area (Å²) < 4.78 is 15.1. The summed E-state index contributed by atoms with van der Waals surface area (Å²) in [4.78, 5) is 4.21. The molecule has 4 N–H and O–H groups in total. The van der Waals surface area contributed by atoms with Crippen LogP contribution in [0.2, 0.25) is 5.02 Å². The molecule has 0 fully saturated rings. The number of nitrogens with two attached hydrogens (primary N) is 2. The van der Waals surface area contributed by atoms with Gasteiger partial charge in [-0.2, -0.15) is 0 Å². The number of rotatable bonds is 2. The van der Waals surface area contributed by atoms with Crippen LogP contribution in [0.25, 0.3) is 11.3 Å². The van der Waals surface area contributed by atoms with Crippen molar-refractivity contribution in [1.29, 1.82) is 0 Å². The lowest BCUT2D eigenvalue weighted by Crippen LogP contribution is -2.14. The van der Waals surface area contributed by atoms with Crippen LogP contribution in [0, 0.1) is 5.82 Å². The van der Waals surface area contributed by atoms with Gasteiger partial charge in [0.1, 0.15) is 11.5 Å². The Kier molecular flexibility index (Phi) is 2.93. The maximum absolute atomic E-state index is 13.8. The fourth-order valence-electron chi connectivity index (χ4n) is 1.63. The Morgan fingerprint density at radius 2 is 2.18 bits per heavy atom. The van der Waals surface area contributed by atoms with E-state index in [9.17, 15) is 4.39 Å². The van der Waals surface area contributed by atoms with E-state index in [1.807, 2.05) is 6.92 Å². The second kappa shape index (κ2) is 4.25. The highest BCUT2D eigenvalue weighted by molar-refractivity contribution is 6.31. The maximum Gasteiger partial charge on any atom is 0.151 e. The molecule has 0 aliphatic heterocycles. The van der Waals surface area contributed by atoms with Crippen molar-refractivity contribution in [3.63, 3.8) is 0 Å². The molecule has 2 rings (SSSR count). The van der Waals surface area contributed by atoms with Gasteiger partial charge in [0, 0.05) is 12.0 Å². The maximum atomic E-state index is 13.8. The van der Waals surface area contributed by atoms with E-state index >= 15 is 0 Å². The minimum Gasteiger partial charge on any atom is -0.382 e. The molecule has 0 spiro atoms. The summed E-state index contributed by atoms with van der Waals surface area (Å²) >= 11 is 5.71. The molecular weight excluding hydrogens is 243 g/mol. The molecule has 0 bridgehead atoms. The lowest BCUT2D eigenvalue weighted by Gasteiger charge is -2.03. The highest BCUT2D eigenvalue weighted by Gasteiger charge is 2.17. The molecule has 0 radical (unpaired) electrons. The zero-order valence-corrected chi connectivity index (χ0v) is 10.0. The SMILES string of the molecule is CCc1nc(-c2cccc(Cl)c2F)c(N)n1N. The number of halogens is 2. The summed E-state index contributed by atoms with van der Waals surface area (Å²) in [7, 11) is 0. The number of aromatic nitrogens is 2. The number of anilines is 1. The molecule has 1 aromatic carbocycles. The molecule has 1 heterocycles. The molecule has 0 aliphatic carbocycles. The van der Waals surface area contributed by atoms with Crippen molar-refractivity contribution in [3.05, 3.63) is 34.9 Å². The van der Waals surface area contributed by atoms with Crippen LogP contribution in [-0.2, 0) is 6.42 Å². The molecule has 0 aliphatic rings. The quantitative estimate of drug-likeness (QED) is 0.807. The van der Waals surface area contributed by atoms with E-state index in [1.165, 1.54) is 10.7 Å². The lowest BCUT2D eigenvalue weighted by molar-refractivity contribution is 0.631. The summed E-state index contributed by atoms with van der Waals surface area (Å²) in [6.45, 7) is 1.89. The highest BCUT2D eigenvalue weighted by atomic mass is 35.5. The van der Waals surface area contributed by atoms with Crippen LogP contribution in [0.4, 0.5) is 10.2 Å². The van der Waals surface area contributed by atoms with Crippen molar-refractivity contribution in [1.82, 2.24) is 9.66 Å². The standard InChI is InChI=1S/C11H12ClFN4/c1-2-8-16-10(11(14)17(8)15)6-4-3-5-7(12)9(6)13/h3-5H,2,14-15H2,1H3. The van der Waals surface area contributed by atoms with E-state index in [0.717, 1.165) is 0 Å². The zero-order valence-electron chi connectivity index (χ0n) is 9.24. The number of nitrogens with zero attached hydrogens (tertiary/aromatic N) is 2. The molecule has 6 heteroatoms. The molecule has 0 amide bonds. The Morgan fingerprint density at radius 3 is 2.76 bits per heavy atom. The lowest BCUT2D eigenvalue weighted by atomic mass is 10.1. The Morgan fingerprint density at radius 1 is 1.47 bits per heavy atom. The summed E-state index contributed by atoms with van der Waals surface area (Å²) in [5.41, 5.74) is 6.38. The third-order valence-corrected chi connectivity index (χ3v) is 2.84. The van der Waals surface area contributed by atoms with Gasteiger partial charge in [-0.05, 0) is 12.1 Å². The predicted octanol–water partition coefficient (Wildman–Crippen LogP) is 2.20. The van der Waals surface area contributed by atoms with E-state index in [2.05, 4.69) is 4.98 Å². The van der Waals surface area contributed by atoms with Crippen molar-refractivity contribution in [2.75, 3.05) is 11.6 Å². The number of nitrogen functional groups attached to an aromatic ring is 2. The largest absolute Gasteiger partial charge is 0.382 e. The first-order valence-corrected chi connectivity index (χ1v) is 5.50. The van der Waals surface area contributed by atoms with Crippen molar-refractivity contribution in [2.45, 2.75) is 13.3 Å². The average molecular weight is 255 g/mol. The monoisotopic (exact) mass is 254 g/mol. The summed E-state index contributed by atoms with van der Waals surface area (Å²) in [5, 5.41) is 0.0338. The number of imidazole rings is 1. The van der Waals surface area contributed by atoms with Gasteiger partial charge in [0.05, 0.1) is 5.02 Å². The molecule has 2 aromatic rings. The molecule has 4 nitrogen and oxygen atoms in total. The van der Waals surface area contributed by atoms with Crippen molar-refractivity contribution in [3.8, 4) is 11.3 Å². The first-order valence-electron chi connectivity index (χ1n) is 5.12. The number of hydrogen-bond donors (Lipinski definition) is 2. The number of benzene rings is 1. The van der Waals surface area contributed by atoms with Crippen LogP contribution in [0.15, 0.2) is 18.2 Å². The normalized spacial score (nSPS) is 10.8. The second-order valence-corrected chi connectivity index (χ2v) is 3.99. The van der Waals surface area contributed by atoms with Gasteiger partial charge in [-0.15, -0.1) is 0 Å². The summed E-state index contributed by atoms with van der Waals surface area (Å²) in [6, 6.07) is 4.68. The van der Waals surface area contributed by atoms with E-state index in [-0.39, 0.29) is 16.4 Å². The fraction of sp³-hybridized carbons (Fsp3) is 0.182. The molecule has 0 unspecified atom stereocenters. The van der Waals surface area contributed by atoms with Crippen molar-refractivity contribution < 1.29 is 4.39 Å². The summed E-state index contributed by atoms with van der Waals surface area (Å²) in [6.07, 6.45) is 0.614. The van der Waals surface area contributed by atoms with Crippen LogP contribution in [0.1, 0.15) is 12.7 Å². The minimum absolute atomic E-state index is 0.0338. The third kappa shape index (κ3) is 1.82. The van der Waals surface area contributed by atoms with Gasteiger partial charge in [0.25, 0.3) is 0 Å². The first-order chi connectivity index (χ1) is 8.06. The Hall–Kier alpha value is -1.75. The Labute approximate surface area is 103 Å². The smallest absolute Gasteiger partial charge is 0.151 e.